The predicted octanol–water partition coefficient (Wildman–Crippen LogP) is 1.95. The normalized spacial score (nSPS) is 37.3. The van der Waals surface area contributed by atoms with Gasteiger partial charge in [-0.2, -0.15) is 0 Å². The first-order valence-electron chi connectivity index (χ1n) is 5.63. The summed E-state index contributed by atoms with van der Waals surface area (Å²) < 4.78 is 11.1. The minimum Gasteiger partial charge on any atom is -0.477 e. The van der Waals surface area contributed by atoms with Gasteiger partial charge in [0.2, 0.25) is 0 Å². The highest BCUT2D eigenvalue weighted by Crippen LogP contribution is 2.37. The first-order valence-corrected chi connectivity index (χ1v) is 6.88. The van der Waals surface area contributed by atoms with Crippen molar-refractivity contribution in [1.82, 2.24) is 0 Å². The van der Waals surface area contributed by atoms with E-state index >= 15 is 0 Å². The summed E-state index contributed by atoms with van der Waals surface area (Å²) in [4.78, 5) is 16.2. The van der Waals surface area contributed by atoms with Crippen molar-refractivity contribution in [2.24, 2.45) is 10.9 Å². The van der Waals surface area contributed by atoms with Crippen molar-refractivity contribution in [2.45, 2.75) is 42.8 Å². The molecule has 1 heterocycles. The third-order valence-corrected chi connectivity index (χ3v) is 4.39. The number of aliphatic imine (C=N–C) groups is 1. The van der Waals surface area contributed by atoms with Crippen LogP contribution < -0.4 is 0 Å². The Kier molecular flexibility index (Phi) is 3.71. The van der Waals surface area contributed by atoms with E-state index in [9.17, 15) is 4.79 Å². The van der Waals surface area contributed by atoms with Gasteiger partial charge in [0.05, 0.1) is 18.6 Å². The average molecular weight is 337 g/mol. The first kappa shape index (κ1) is 12.1. The minimum absolute atomic E-state index is 0.0591. The third-order valence-electron chi connectivity index (χ3n) is 3.08. The lowest BCUT2D eigenvalue weighted by Gasteiger charge is -2.39. The molecule has 4 nitrogen and oxygen atoms in total. The molecule has 0 saturated heterocycles. The fourth-order valence-electron chi connectivity index (χ4n) is 2.35. The van der Waals surface area contributed by atoms with E-state index in [0.29, 0.717) is 16.4 Å². The van der Waals surface area contributed by atoms with Crippen molar-refractivity contribution in [3.05, 3.63) is 0 Å². The topological polar surface area (TPSA) is 47.9 Å². The van der Waals surface area contributed by atoms with Gasteiger partial charge in [-0.1, -0.05) is 22.6 Å². The highest BCUT2D eigenvalue weighted by Gasteiger charge is 2.43. The zero-order chi connectivity index (χ0) is 11.7. The van der Waals surface area contributed by atoms with Crippen molar-refractivity contribution in [3.8, 4) is 0 Å². The van der Waals surface area contributed by atoms with Crippen molar-refractivity contribution >= 4 is 34.5 Å². The Labute approximate surface area is 109 Å². The molecule has 16 heavy (non-hydrogen) atoms. The van der Waals surface area contributed by atoms with Crippen LogP contribution in [0.2, 0.25) is 0 Å². The number of esters is 1. The number of fused-ring (bicyclic) bond motifs is 2. The molecule has 1 fully saturated rings. The lowest BCUT2D eigenvalue weighted by Crippen LogP contribution is -2.47. The van der Waals surface area contributed by atoms with Crippen LogP contribution in [0.4, 0.5) is 0 Å². The molecule has 0 spiro atoms. The van der Waals surface area contributed by atoms with Crippen molar-refractivity contribution in [1.29, 1.82) is 0 Å². The van der Waals surface area contributed by atoms with Crippen molar-refractivity contribution in [3.63, 3.8) is 0 Å². The molecule has 2 aliphatic rings. The van der Waals surface area contributed by atoms with Gasteiger partial charge in [-0.3, -0.25) is 9.79 Å². The fourth-order valence-corrected chi connectivity index (χ4v) is 3.34. The van der Waals surface area contributed by atoms with Crippen molar-refractivity contribution < 1.29 is 14.3 Å². The molecule has 0 aromatic rings. The summed E-state index contributed by atoms with van der Waals surface area (Å²) >= 11 is 2.36. The number of nitrogens with zero attached hydrogens (tertiary/aromatic N) is 1. The van der Waals surface area contributed by atoms with Crippen LogP contribution in [-0.4, -0.2) is 34.5 Å². The van der Waals surface area contributed by atoms with Gasteiger partial charge in [-0.05, 0) is 13.3 Å². The van der Waals surface area contributed by atoms with Gasteiger partial charge >= 0.3 is 5.97 Å². The van der Waals surface area contributed by atoms with E-state index in [1.807, 2.05) is 13.8 Å². The number of ether oxygens (including phenoxy) is 2. The molecule has 0 N–H and O–H groups in total. The van der Waals surface area contributed by atoms with Gasteiger partial charge in [0.15, 0.2) is 5.90 Å². The summed E-state index contributed by atoms with van der Waals surface area (Å²) in [6.45, 7) is 4.14. The highest BCUT2D eigenvalue weighted by atomic mass is 127. The standard InChI is InChI=1S/C11H16INO3/c1-3-15-11(14)7-4-8(12)10-5-9(7)13-6(2)16-10/h7-10H,3-5H2,1-2H3/t7-,8?,9+,10+/m1/s1. The molecule has 2 bridgehead atoms. The molecule has 5 heteroatoms. The largest absolute Gasteiger partial charge is 0.477 e. The second kappa shape index (κ2) is 4.89. The highest BCUT2D eigenvalue weighted by molar-refractivity contribution is 14.1. The van der Waals surface area contributed by atoms with E-state index < -0.39 is 0 Å². The van der Waals surface area contributed by atoms with Crippen LogP contribution in [0, 0.1) is 5.92 Å². The molecule has 4 atom stereocenters. The van der Waals surface area contributed by atoms with Gasteiger partial charge in [-0.25, -0.2) is 0 Å². The Balaban J connectivity index is 2.14. The van der Waals surface area contributed by atoms with Crippen LogP contribution in [0.3, 0.4) is 0 Å². The molecule has 1 aliphatic heterocycles. The number of carbonyl (C=O) groups excluding carboxylic acids is 1. The first-order chi connectivity index (χ1) is 7.61. The van der Waals surface area contributed by atoms with E-state index in [1.165, 1.54) is 0 Å². The zero-order valence-electron chi connectivity index (χ0n) is 9.48. The number of carbonyl (C=O) groups is 1. The van der Waals surface area contributed by atoms with Crippen LogP contribution in [-0.2, 0) is 14.3 Å². The number of hydrogen-bond acceptors (Lipinski definition) is 4. The van der Waals surface area contributed by atoms with E-state index in [0.717, 1.165) is 12.8 Å². The fraction of sp³-hybridized carbons (Fsp3) is 0.818. The zero-order valence-corrected chi connectivity index (χ0v) is 11.6. The Bertz CT molecular complexity index is 318. The summed E-state index contributed by atoms with van der Waals surface area (Å²) in [5, 5.41) is 0. The van der Waals surface area contributed by atoms with Crippen LogP contribution in [0.1, 0.15) is 26.7 Å². The molecule has 1 saturated carbocycles. The van der Waals surface area contributed by atoms with Gasteiger partial charge in [0.1, 0.15) is 6.10 Å². The maximum absolute atomic E-state index is 11.8. The third kappa shape index (κ3) is 2.33. The molecule has 1 aliphatic carbocycles. The molecule has 0 aromatic heterocycles. The maximum Gasteiger partial charge on any atom is 0.311 e. The molecule has 0 aromatic carbocycles. The van der Waals surface area contributed by atoms with Gasteiger partial charge in [0, 0.05) is 17.3 Å². The maximum atomic E-state index is 11.8. The number of halogens is 1. The van der Waals surface area contributed by atoms with E-state index in [1.54, 1.807) is 0 Å². The summed E-state index contributed by atoms with van der Waals surface area (Å²) in [5.74, 6) is 0.514. The van der Waals surface area contributed by atoms with Crippen LogP contribution >= 0.6 is 22.6 Å². The van der Waals surface area contributed by atoms with Crippen LogP contribution in [0.5, 0.6) is 0 Å². The van der Waals surface area contributed by atoms with Gasteiger partial charge in [-0.15, -0.1) is 0 Å². The second-order valence-electron chi connectivity index (χ2n) is 4.22. The van der Waals surface area contributed by atoms with E-state index in [4.69, 9.17) is 9.47 Å². The molecular weight excluding hydrogens is 321 g/mol. The summed E-state index contributed by atoms with van der Waals surface area (Å²) in [6.07, 6.45) is 1.87. The van der Waals surface area contributed by atoms with Gasteiger partial charge in [0.25, 0.3) is 0 Å². The van der Waals surface area contributed by atoms with E-state index in [-0.39, 0.29) is 24.0 Å². The number of rotatable bonds is 2. The van der Waals surface area contributed by atoms with Gasteiger partial charge < -0.3 is 9.47 Å². The Hall–Kier alpha value is -0.330. The summed E-state index contributed by atoms with van der Waals surface area (Å²) in [6, 6.07) is 0.0591. The Morgan fingerprint density at radius 2 is 2.38 bits per heavy atom. The van der Waals surface area contributed by atoms with Crippen LogP contribution in [0.25, 0.3) is 0 Å². The van der Waals surface area contributed by atoms with E-state index in [2.05, 4.69) is 27.6 Å². The SMILES string of the molecule is CCOC(=O)[C@@H]1CC(I)[C@@H]2C[C@@H]1N=C(C)O2. The molecular formula is C11H16INO3. The second-order valence-corrected chi connectivity index (χ2v) is 5.82. The quantitative estimate of drug-likeness (QED) is 0.440. The van der Waals surface area contributed by atoms with Crippen LogP contribution in [0.15, 0.2) is 4.99 Å². The molecule has 0 amide bonds. The molecule has 0 radical (unpaired) electrons. The molecule has 90 valence electrons. The van der Waals surface area contributed by atoms with Crippen molar-refractivity contribution in [2.75, 3.05) is 6.61 Å². The number of hydrogen-bond donors (Lipinski definition) is 0. The Morgan fingerprint density at radius 1 is 1.62 bits per heavy atom. The number of alkyl halides is 1. The molecule has 2 rings (SSSR count). The molecule has 1 unspecified atom stereocenters. The smallest absolute Gasteiger partial charge is 0.311 e. The lowest BCUT2D eigenvalue weighted by atomic mass is 9.82. The summed E-state index contributed by atoms with van der Waals surface area (Å²) in [5.41, 5.74) is 0. The minimum atomic E-state index is -0.105. The predicted molar refractivity (Wildman–Crippen MR) is 68.9 cm³/mol. The summed E-state index contributed by atoms with van der Waals surface area (Å²) in [7, 11) is 0. The lowest BCUT2D eigenvalue weighted by molar-refractivity contribution is -0.150. The Morgan fingerprint density at radius 3 is 3.06 bits per heavy atom. The monoisotopic (exact) mass is 337 g/mol. The average Bonchev–Trinajstić information content (AvgIpc) is 2.23.